The highest BCUT2D eigenvalue weighted by Crippen LogP contribution is 2.24. The van der Waals surface area contributed by atoms with E-state index in [2.05, 4.69) is 52.4 Å². The molecule has 3 N–H and O–H groups in total. The summed E-state index contributed by atoms with van der Waals surface area (Å²) in [6, 6.07) is 17.4. The zero-order valence-corrected chi connectivity index (χ0v) is 14.4. The predicted octanol–water partition coefficient (Wildman–Crippen LogP) is 3.96. The molecule has 0 amide bonds. The molecule has 0 saturated carbocycles. The molecule has 4 aromatic rings. The van der Waals surface area contributed by atoms with Crippen LogP contribution in [0.1, 0.15) is 0 Å². The Morgan fingerprint density at radius 2 is 1.40 bits per heavy atom. The molecule has 8 nitrogen and oxygen atoms in total. The summed E-state index contributed by atoms with van der Waals surface area (Å²) in [6.07, 6.45) is 0. The summed E-state index contributed by atoms with van der Waals surface area (Å²) in [6.45, 7) is 0. The van der Waals surface area contributed by atoms with Gasteiger partial charge >= 0.3 is 0 Å². The molecule has 2 aromatic heterocycles. The molecule has 0 unspecified atom stereocenters. The van der Waals surface area contributed by atoms with Gasteiger partial charge in [0.1, 0.15) is 0 Å². The standard InChI is InChI=1S/C16H12BrN7O/c17-10-6-8-11(9-7-10)18-13-14(20-16-15(19-13)23-25-24-16)22-21-12-4-2-1-3-5-12/h1-9,21H,(H,18,19,23)(H,20,22,24). The lowest BCUT2D eigenvalue weighted by atomic mass is 10.3. The van der Waals surface area contributed by atoms with Crippen molar-refractivity contribution in [2.75, 3.05) is 16.2 Å². The SMILES string of the molecule is Brc1ccc(Nc2nc3nonc3nc2NNc2ccccc2)cc1. The number of halogens is 1. The van der Waals surface area contributed by atoms with Crippen molar-refractivity contribution in [2.24, 2.45) is 0 Å². The van der Waals surface area contributed by atoms with Gasteiger partial charge in [0, 0.05) is 10.2 Å². The first-order valence-electron chi connectivity index (χ1n) is 7.38. The highest BCUT2D eigenvalue weighted by molar-refractivity contribution is 9.10. The number of anilines is 4. The smallest absolute Gasteiger partial charge is 0.245 e. The number of nitrogens with zero attached hydrogens (tertiary/aromatic N) is 4. The van der Waals surface area contributed by atoms with Gasteiger partial charge < -0.3 is 5.32 Å². The highest BCUT2D eigenvalue weighted by atomic mass is 79.9. The van der Waals surface area contributed by atoms with Gasteiger partial charge in [0.2, 0.25) is 11.3 Å². The second-order valence-corrected chi connectivity index (χ2v) is 6.00. The van der Waals surface area contributed by atoms with Gasteiger partial charge in [-0.15, -0.1) is 0 Å². The third kappa shape index (κ3) is 3.50. The Hall–Kier alpha value is -3.20. The van der Waals surface area contributed by atoms with E-state index in [9.17, 15) is 0 Å². The summed E-state index contributed by atoms with van der Waals surface area (Å²) in [5.74, 6) is 0.962. The van der Waals surface area contributed by atoms with Crippen LogP contribution in [0.5, 0.6) is 0 Å². The number of hydrogen-bond donors (Lipinski definition) is 3. The Kier molecular flexibility index (Phi) is 4.13. The molecule has 0 fully saturated rings. The van der Waals surface area contributed by atoms with Crippen molar-refractivity contribution in [3.8, 4) is 0 Å². The van der Waals surface area contributed by atoms with Gasteiger partial charge in [-0.05, 0) is 46.7 Å². The quantitative estimate of drug-likeness (QED) is 0.435. The number of rotatable bonds is 5. The first-order valence-corrected chi connectivity index (χ1v) is 8.17. The van der Waals surface area contributed by atoms with Crippen molar-refractivity contribution in [1.29, 1.82) is 0 Å². The molecule has 0 saturated heterocycles. The summed E-state index contributed by atoms with van der Waals surface area (Å²) < 4.78 is 5.69. The van der Waals surface area contributed by atoms with Crippen molar-refractivity contribution in [3.63, 3.8) is 0 Å². The number of aromatic nitrogens is 4. The lowest BCUT2D eigenvalue weighted by Crippen LogP contribution is -2.13. The largest absolute Gasteiger partial charge is 0.337 e. The van der Waals surface area contributed by atoms with Crippen LogP contribution in [0.3, 0.4) is 0 Å². The van der Waals surface area contributed by atoms with Crippen LogP contribution in [0.2, 0.25) is 0 Å². The fourth-order valence-electron chi connectivity index (χ4n) is 2.14. The lowest BCUT2D eigenvalue weighted by Gasteiger charge is -2.13. The molecule has 124 valence electrons. The molecule has 0 aliphatic carbocycles. The van der Waals surface area contributed by atoms with Crippen LogP contribution < -0.4 is 16.2 Å². The minimum atomic E-state index is 0.318. The molecule has 0 aliphatic heterocycles. The van der Waals surface area contributed by atoms with Gasteiger partial charge in [-0.1, -0.05) is 34.1 Å². The van der Waals surface area contributed by atoms with Gasteiger partial charge in [0.05, 0.1) is 5.69 Å². The first kappa shape index (κ1) is 15.3. The number of fused-ring (bicyclic) bond motifs is 1. The van der Waals surface area contributed by atoms with Gasteiger partial charge in [0.15, 0.2) is 11.6 Å². The number of benzene rings is 2. The molecule has 2 heterocycles. The average molecular weight is 398 g/mol. The minimum Gasteiger partial charge on any atom is -0.337 e. The first-order chi connectivity index (χ1) is 12.3. The van der Waals surface area contributed by atoms with E-state index < -0.39 is 0 Å². The molecule has 0 spiro atoms. The van der Waals surface area contributed by atoms with E-state index in [1.165, 1.54) is 0 Å². The maximum atomic E-state index is 4.70. The zero-order valence-electron chi connectivity index (χ0n) is 12.8. The van der Waals surface area contributed by atoms with Crippen LogP contribution in [-0.4, -0.2) is 20.3 Å². The molecule has 0 bridgehead atoms. The topological polar surface area (TPSA) is 101 Å². The molecular formula is C16H12BrN7O. The van der Waals surface area contributed by atoms with Crippen molar-refractivity contribution in [1.82, 2.24) is 20.3 Å². The maximum absolute atomic E-state index is 4.70. The van der Waals surface area contributed by atoms with Crippen molar-refractivity contribution in [2.45, 2.75) is 0 Å². The van der Waals surface area contributed by atoms with Gasteiger partial charge in [-0.3, -0.25) is 10.9 Å². The summed E-state index contributed by atoms with van der Waals surface area (Å²) in [5, 5.41) is 10.7. The van der Waals surface area contributed by atoms with Gasteiger partial charge in [0.25, 0.3) is 0 Å². The lowest BCUT2D eigenvalue weighted by molar-refractivity contribution is 0.314. The van der Waals surface area contributed by atoms with Crippen LogP contribution in [-0.2, 0) is 0 Å². The Morgan fingerprint density at radius 3 is 2.12 bits per heavy atom. The molecule has 0 atom stereocenters. The fraction of sp³-hybridized carbons (Fsp3) is 0. The number of nitrogens with one attached hydrogen (secondary N) is 3. The predicted molar refractivity (Wildman–Crippen MR) is 98.5 cm³/mol. The Balaban J connectivity index is 1.64. The van der Waals surface area contributed by atoms with E-state index in [1.54, 1.807) is 0 Å². The van der Waals surface area contributed by atoms with Crippen LogP contribution in [0, 0.1) is 0 Å². The second kappa shape index (κ2) is 6.73. The van der Waals surface area contributed by atoms with E-state index >= 15 is 0 Å². The Bertz CT molecular complexity index is 988. The third-order valence-corrected chi connectivity index (χ3v) is 3.85. The van der Waals surface area contributed by atoms with E-state index in [0.29, 0.717) is 22.9 Å². The van der Waals surface area contributed by atoms with Crippen LogP contribution in [0.4, 0.5) is 23.0 Å². The molecule has 2 aromatic carbocycles. The van der Waals surface area contributed by atoms with Crippen LogP contribution in [0.15, 0.2) is 63.7 Å². The third-order valence-electron chi connectivity index (χ3n) is 3.32. The molecule has 9 heteroatoms. The van der Waals surface area contributed by atoms with Gasteiger partial charge in [-0.2, -0.15) is 4.98 Å². The molecule has 0 aliphatic rings. The van der Waals surface area contributed by atoms with Gasteiger partial charge in [-0.25, -0.2) is 9.61 Å². The van der Waals surface area contributed by atoms with E-state index in [0.717, 1.165) is 15.8 Å². The van der Waals surface area contributed by atoms with Crippen LogP contribution >= 0.6 is 15.9 Å². The van der Waals surface area contributed by atoms with Crippen LogP contribution in [0.25, 0.3) is 11.3 Å². The number of hydrazine groups is 1. The summed E-state index contributed by atoms with van der Waals surface area (Å²) in [4.78, 5) is 8.80. The molecular weight excluding hydrogens is 386 g/mol. The monoisotopic (exact) mass is 397 g/mol. The molecule has 0 radical (unpaired) electrons. The zero-order chi connectivity index (χ0) is 17.1. The fourth-order valence-corrected chi connectivity index (χ4v) is 2.40. The summed E-state index contributed by atoms with van der Waals surface area (Å²) >= 11 is 3.41. The highest BCUT2D eigenvalue weighted by Gasteiger charge is 2.13. The van der Waals surface area contributed by atoms with E-state index in [-0.39, 0.29) is 0 Å². The van der Waals surface area contributed by atoms with Crippen molar-refractivity contribution in [3.05, 3.63) is 59.1 Å². The van der Waals surface area contributed by atoms with Crippen molar-refractivity contribution < 1.29 is 4.63 Å². The normalized spacial score (nSPS) is 10.6. The molecule has 4 rings (SSSR count). The summed E-state index contributed by atoms with van der Waals surface area (Å²) in [5.41, 5.74) is 8.50. The number of para-hydroxylation sites is 1. The van der Waals surface area contributed by atoms with Crippen molar-refractivity contribution >= 4 is 50.2 Å². The summed E-state index contributed by atoms with van der Waals surface area (Å²) in [7, 11) is 0. The second-order valence-electron chi connectivity index (χ2n) is 5.08. The Labute approximate surface area is 150 Å². The van der Waals surface area contributed by atoms with E-state index in [1.807, 2.05) is 54.6 Å². The minimum absolute atomic E-state index is 0.318. The maximum Gasteiger partial charge on any atom is 0.245 e. The van der Waals surface area contributed by atoms with E-state index in [4.69, 9.17) is 4.63 Å². The molecule has 25 heavy (non-hydrogen) atoms. The number of hydrogen-bond acceptors (Lipinski definition) is 8. The average Bonchev–Trinajstić information content (AvgIpc) is 3.10. The Morgan fingerprint density at radius 1 is 0.720 bits per heavy atom.